The number of nitrogens with two attached hydrogens (primary N) is 1. The third kappa shape index (κ3) is 3.42. The molecule has 2 N–H and O–H groups in total. The number of likely N-dealkylation sites (tertiary alicyclic amines) is 1. The number of para-hydroxylation sites is 1. The first-order valence-corrected chi connectivity index (χ1v) is 7.11. The van der Waals surface area contributed by atoms with Crippen LogP contribution in [0.25, 0.3) is 0 Å². The maximum atomic E-state index is 12.0. The molecule has 2 rings (SSSR count). The lowest BCUT2D eigenvalue weighted by Gasteiger charge is -2.18. The van der Waals surface area contributed by atoms with E-state index in [0.29, 0.717) is 24.7 Å². The van der Waals surface area contributed by atoms with E-state index in [1.54, 1.807) is 0 Å². The third-order valence-corrected chi connectivity index (χ3v) is 3.38. The average Bonchev–Trinajstić information content (AvgIpc) is 3.00. The summed E-state index contributed by atoms with van der Waals surface area (Å²) in [6.07, 6.45) is 2.16. The number of hydrogen-bond donors (Lipinski definition) is 1. The average molecular weight is 278 g/mol. The second kappa shape index (κ2) is 7.14. The minimum absolute atomic E-state index is 0.0248. The van der Waals surface area contributed by atoms with Crippen molar-refractivity contribution in [3.63, 3.8) is 0 Å². The fourth-order valence-electron chi connectivity index (χ4n) is 2.35. The molecule has 110 valence electrons. The highest BCUT2D eigenvalue weighted by atomic mass is 16.5. The Morgan fingerprint density at radius 2 is 2.05 bits per heavy atom. The van der Waals surface area contributed by atoms with Gasteiger partial charge in [-0.15, -0.1) is 0 Å². The first kappa shape index (κ1) is 14.7. The monoisotopic (exact) mass is 278 g/mol. The maximum absolute atomic E-state index is 12.0. The van der Waals surface area contributed by atoms with Crippen LogP contribution in [-0.2, 0) is 11.3 Å². The van der Waals surface area contributed by atoms with Gasteiger partial charge in [0.2, 0.25) is 0 Å². The molecule has 1 heterocycles. The largest absolute Gasteiger partial charge is 0.490 e. The molecule has 0 unspecified atom stereocenters. The van der Waals surface area contributed by atoms with E-state index in [1.165, 1.54) is 0 Å². The van der Waals surface area contributed by atoms with Crippen molar-refractivity contribution in [3.8, 4) is 11.5 Å². The van der Waals surface area contributed by atoms with Crippen molar-refractivity contribution in [2.24, 2.45) is 5.73 Å². The predicted octanol–water partition coefficient (Wildman–Crippen LogP) is 1.55. The van der Waals surface area contributed by atoms with E-state index < -0.39 is 0 Å². The van der Waals surface area contributed by atoms with Crippen LogP contribution in [0, 0.1) is 0 Å². The molecule has 0 aromatic heterocycles. The third-order valence-electron chi connectivity index (χ3n) is 3.38. The van der Waals surface area contributed by atoms with Gasteiger partial charge < -0.3 is 20.1 Å². The molecule has 1 aromatic carbocycles. The highest BCUT2D eigenvalue weighted by Gasteiger charge is 2.19. The van der Waals surface area contributed by atoms with Gasteiger partial charge in [-0.1, -0.05) is 12.1 Å². The van der Waals surface area contributed by atoms with Crippen molar-refractivity contribution in [2.75, 3.05) is 26.3 Å². The molecule has 1 saturated heterocycles. The fraction of sp³-hybridized carbons (Fsp3) is 0.533. The molecule has 5 nitrogen and oxygen atoms in total. The summed E-state index contributed by atoms with van der Waals surface area (Å²) < 4.78 is 11.2. The Bertz CT molecular complexity index is 456. The fourth-order valence-corrected chi connectivity index (χ4v) is 2.35. The zero-order valence-electron chi connectivity index (χ0n) is 11.9. The molecule has 1 aromatic rings. The molecule has 0 aliphatic carbocycles. The van der Waals surface area contributed by atoms with E-state index in [-0.39, 0.29) is 12.5 Å². The number of amides is 1. The lowest BCUT2D eigenvalue weighted by Crippen LogP contribution is -2.32. The topological polar surface area (TPSA) is 64.8 Å². The van der Waals surface area contributed by atoms with Crippen LogP contribution in [0.1, 0.15) is 25.3 Å². The Hall–Kier alpha value is -1.75. The highest BCUT2D eigenvalue weighted by Crippen LogP contribution is 2.31. The Labute approximate surface area is 119 Å². The Morgan fingerprint density at radius 1 is 1.30 bits per heavy atom. The first-order valence-electron chi connectivity index (χ1n) is 7.11. The van der Waals surface area contributed by atoms with Crippen molar-refractivity contribution in [2.45, 2.75) is 26.3 Å². The second-order valence-corrected chi connectivity index (χ2v) is 4.76. The van der Waals surface area contributed by atoms with Gasteiger partial charge in [0.05, 0.1) is 6.61 Å². The molecule has 0 bridgehead atoms. The second-order valence-electron chi connectivity index (χ2n) is 4.76. The number of benzene rings is 1. The van der Waals surface area contributed by atoms with E-state index in [4.69, 9.17) is 15.2 Å². The molecule has 1 amide bonds. The summed E-state index contributed by atoms with van der Waals surface area (Å²) in [6.45, 7) is 4.52. The van der Waals surface area contributed by atoms with Gasteiger partial charge in [0, 0.05) is 25.2 Å². The molecule has 1 fully saturated rings. The number of ether oxygens (including phenoxy) is 2. The number of carbonyl (C=O) groups excluding carboxylic acids is 1. The van der Waals surface area contributed by atoms with E-state index in [2.05, 4.69) is 0 Å². The van der Waals surface area contributed by atoms with Crippen molar-refractivity contribution >= 4 is 5.91 Å². The molecule has 0 atom stereocenters. The van der Waals surface area contributed by atoms with Gasteiger partial charge in [0.25, 0.3) is 5.91 Å². The van der Waals surface area contributed by atoms with E-state index in [1.807, 2.05) is 30.0 Å². The van der Waals surface area contributed by atoms with Crippen molar-refractivity contribution in [3.05, 3.63) is 23.8 Å². The Kier molecular flexibility index (Phi) is 5.24. The van der Waals surface area contributed by atoms with Crippen molar-refractivity contribution < 1.29 is 14.3 Å². The zero-order valence-corrected chi connectivity index (χ0v) is 11.9. The number of carbonyl (C=O) groups is 1. The van der Waals surface area contributed by atoms with Crippen LogP contribution in [0.2, 0.25) is 0 Å². The van der Waals surface area contributed by atoms with Gasteiger partial charge in [-0.2, -0.15) is 0 Å². The van der Waals surface area contributed by atoms with Gasteiger partial charge >= 0.3 is 0 Å². The molecule has 0 saturated carbocycles. The molecule has 5 heteroatoms. The Morgan fingerprint density at radius 3 is 2.70 bits per heavy atom. The van der Waals surface area contributed by atoms with Gasteiger partial charge in [0.1, 0.15) is 0 Å². The summed E-state index contributed by atoms with van der Waals surface area (Å²) in [5.41, 5.74) is 6.57. The summed E-state index contributed by atoms with van der Waals surface area (Å²) in [4.78, 5) is 13.9. The summed E-state index contributed by atoms with van der Waals surface area (Å²) in [5, 5.41) is 0. The van der Waals surface area contributed by atoms with Crippen molar-refractivity contribution in [1.29, 1.82) is 0 Å². The first-order chi connectivity index (χ1) is 9.76. The van der Waals surface area contributed by atoms with E-state index >= 15 is 0 Å². The summed E-state index contributed by atoms with van der Waals surface area (Å²) in [7, 11) is 0. The van der Waals surface area contributed by atoms with Gasteiger partial charge in [0.15, 0.2) is 18.1 Å². The summed E-state index contributed by atoms with van der Waals surface area (Å²) in [6, 6.07) is 5.60. The quantitative estimate of drug-likeness (QED) is 0.857. The lowest BCUT2D eigenvalue weighted by atomic mass is 10.2. The van der Waals surface area contributed by atoms with Crippen LogP contribution in [0.4, 0.5) is 0 Å². The van der Waals surface area contributed by atoms with Crippen LogP contribution < -0.4 is 15.2 Å². The zero-order chi connectivity index (χ0) is 14.4. The Balaban J connectivity index is 2.05. The minimum Gasteiger partial charge on any atom is -0.490 e. The van der Waals surface area contributed by atoms with Crippen LogP contribution in [0.15, 0.2) is 18.2 Å². The van der Waals surface area contributed by atoms with E-state index in [9.17, 15) is 4.79 Å². The predicted molar refractivity (Wildman–Crippen MR) is 76.8 cm³/mol. The lowest BCUT2D eigenvalue weighted by molar-refractivity contribution is -0.132. The maximum Gasteiger partial charge on any atom is 0.260 e. The molecule has 1 aliphatic rings. The molecule has 20 heavy (non-hydrogen) atoms. The van der Waals surface area contributed by atoms with Crippen LogP contribution in [0.3, 0.4) is 0 Å². The molecule has 0 spiro atoms. The number of rotatable bonds is 6. The van der Waals surface area contributed by atoms with Gasteiger partial charge in [-0.3, -0.25) is 4.79 Å². The van der Waals surface area contributed by atoms with Crippen LogP contribution in [0.5, 0.6) is 11.5 Å². The number of hydrogen-bond acceptors (Lipinski definition) is 4. The van der Waals surface area contributed by atoms with Crippen LogP contribution in [-0.4, -0.2) is 37.1 Å². The van der Waals surface area contributed by atoms with Gasteiger partial charge in [-0.05, 0) is 25.8 Å². The highest BCUT2D eigenvalue weighted by molar-refractivity contribution is 5.78. The standard InChI is InChI=1S/C15H22N2O3/c1-2-19-13-7-5-6-12(10-16)15(13)20-11-14(18)17-8-3-4-9-17/h5-7H,2-4,8-11,16H2,1H3. The van der Waals surface area contributed by atoms with Crippen molar-refractivity contribution in [1.82, 2.24) is 4.90 Å². The van der Waals surface area contributed by atoms with E-state index in [0.717, 1.165) is 31.5 Å². The molecular formula is C15H22N2O3. The smallest absolute Gasteiger partial charge is 0.260 e. The van der Waals surface area contributed by atoms with Crippen LogP contribution >= 0.6 is 0 Å². The summed E-state index contributed by atoms with van der Waals surface area (Å²) in [5.74, 6) is 1.26. The minimum atomic E-state index is 0.0248. The normalized spacial score (nSPS) is 14.4. The molecule has 0 radical (unpaired) electrons. The summed E-state index contributed by atoms with van der Waals surface area (Å²) >= 11 is 0. The molecular weight excluding hydrogens is 256 g/mol. The SMILES string of the molecule is CCOc1cccc(CN)c1OCC(=O)N1CCCC1. The van der Waals surface area contributed by atoms with Gasteiger partial charge in [-0.25, -0.2) is 0 Å². The molecule has 1 aliphatic heterocycles. The number of nitrogens with zero attached hydrogens (tertiary/aromatic N) is 1.